The van der Waals surface area contributed by atoms with Crippen LogP contribution in [0.2, 0.25) is 0 Å². The summed E-state index contributed by atoms with van der Waals surface area (Å²) < 4.78 is 11.2. The second-order valence-corrected chi connectivity index (χ2v) is 4.94. The molecular weight excluding hydrogens is 293 g/mol. The van der Waals surface area contributed by atoms with Crippen LogP contribution in [0.25, 0.3) is 0 Å². The monoisotopic (exact) mass is 307 g/mol. The second kappa shape index (κ2) is 6.10. The SMILES string of the molecule is NP(O)O[C@H]1[C@@H](O)[C@H](n2ccc(=O)[nH]c2=O)O[C@@H]1CO. The number of hydrogen-bond acceptors (Lipinski definition) is 8. The Balaban J connectivity index is 2.29. The second-order valence-electron chi connectivity index (χ2n) is 4.13. The fraction of sp³-hybridized carbons (Fsp3) is 0.556. The first-order valence-corrected chi connectivity index (χ1v) is 6.88. The van der Waals surface area contributed by atoms with E-state index in [1.54, 1.807) is 0 Å². The summed E-state index contributed by atoms with van der Waals surface area (Å²) in [5.74, 6) is 0. The van der Waals surface area contributed by atoms with Crippen molar-refractivity contribution in [2.45, 2.75) is 24.5 Å². The first-order valence-electron chi connectivity index (χ1n) is 5.60. The Kier molecular flexibility index (Phi) is 4.66. The number of rotatable bonds is 4. The number of hydrogen-bond donors (Lipinski definition) is 5. The van der Waals surface area contributed by atoms with Crippen molar-refractivity contribution < 1.29 is 24.4 Å². The number of H-pyrrole nitrogens is 1. The number of aromatic amines is 1. The Hall–Kier alpha value is -1.13. The Morgan fingerprint density at radius 3 is 2.80 bits per heavy atom. The Labute approximate surface area is 113 Å². The zero-order chi connectivity index (χ0) is 14.9. The summed E-state index contributed by atoms with van der Waals surface area (Å²) in [6, 6.07) is 1.08. The van der Waals surface area contributed by atoms with Crippen LogP contribution in [0, 0.1) is 0 Å². The maximum atomic E-state index is 11.6. The van der Waals surface area contributed by atoms with Crippen LogP contribution in [0.5, 0.6) is 0 Å². The summed E-state index contributed by atoms with van der Waals surface area (Å²) in [5, 5.41) is 19.2. The average Bonchev–Trinajstić information content (AvgIpc) is 2.67. The number of aliphatic hydroxyl groups excluding tert-OH is 2. The van der Waals surface area contributed by atoms with E-state index >= 15 is 0 Å². The van der Waals surface area contributed by atoms with Crippen LogP contribution in [0.4, 0.5) is 0 Å². The highest BCUT2D eigenvalue weighted by Gasteiger charge is 2.46. The molecule has 0 aliphatic carbocycles. The fourth-order valence-corrected chi connectivity index (χ4v) is 2.49. The van der Waals surface area contributed by atoms with Crippen LogP contribution in [0.1, 0.15) is 6.23 Å². The summed E-state index contributed by atoms with van der Waals surface area (Å²) >= 11 is 0. The molecule has 0 saturated carbocycles. The number of aliphatic hydroxyl groups is 2. The van der Waals surface area contributed by atoms with E-state index in [4.69, 9.17) is 24.8 Å². The molecule has 6 N–H and O–H groups in total. The van der Waals surface area contributed by atoms with Gasteiger partial charge in [0.05, 0.1) is 6.61 Å². The van der Waals surface area contributed by atoms with E-state index in [1.807, 2.05) is 4.98 Å². The van der Waals surface area contributed by atoms with Crippen LogP contribution in [-0.4, -0.2) is 49.6 Å². The molecule has 2 heterocycles. The van der Waals surface area contributed by atoms with Gasteiger partial charge in [0.1, 0.15) is 18.3 Å². The minimum atomic E-state index is -2.27. The van der Waals surface area contributed by atoms with Gasteiger partial charge in [-0.05, 0) is 0 Å². The lowest BCUT2D eigenvalue weighted by atomic mass is 10.1. The van der Waals surface area contributed by atoms with Gasteiger partial charge in [0.15, 0.2) is 6.23 Å². The van der Waals surface area contributed by atoms with Crippen LogP contribution >= 0.6 is 8.53 Å². The lowest BCUT2D eigenvalue weighted by Crippen LogP contribution is -2.38. The number of nitrogens with zero attached hydrogens (tertiary/aromatic N) is 1. The van der Waals surface area contributed by atoms with Crippen LogP contribution in [0.15, 0.2) is 21.9 Å². The third-order valence-electron chi connectivity index (χ3n) is 2.84. The van der Waals surface area contributed by atoms with E-state index in [0.717, 1.165) is 16.8 Å². The molecule has 11 heteroatoms. The predicted octanol–water partition coefficient (Wildman–Crippen LogP) is -2.65. The molecule has 1 aliphatic heterocycles. The molecule has 0 bridgehead atoms. The molecule has 10 nitrogen and oxygen atoms in total. The Bertz CT molecular complexity index is 573. The molecule has 1 fully saturated rings. The van der Waals surface area contributed by atoms with Crippen molar-refractivity contribution in [1.29, 1.82) is 0 Å². The van der Waals surface area contributed by atoms with Gasteiger partial charge in [-0.25, -0.2) is 4.79 Å². The first-order chi connectivity index (χ1) is 9.43. The maximum Gasteiger partial charge on any atom is 0.330 e. The summed E-state index contributed by atoms with van der Waals surface area (Å²) in [4.78, 5) is 33.7. The van der Waals surface area contributed by atoms with Crippen molar-refractivity contribution in [2.75, 3.05) is 6.61 Å². The van der Waals surface area contributed by atoms with E-state index in [9.17, 15) is 14.7 Å². The first kappa shape index (κ1) is 15.3. The van der Waals surface area contributed by atoms with E-state index in [-0.39, 0.29) is 0 Å². The summed E-state index contributed by atoms with van der Waals surface area (Å²) in [6.07, 6.45) is -3.43. The minimum absolute atomic E-state index is 0.500. The number of aromatic nitrogens is 2. The van der Waals surface area contributed by atoms with Crippen molar-refractivity contribution in [3.63, 3.8) is 0 Å². The molecule has 0 aromatic carbocycles. The molecule has 0 spiro atoms. The van der Waals surface area contributed by atoms with Gasteiger partial charge < -0.3 is 24.4 Å². The van der Waals surface area contributed by atoms with Gasteiger partial charge in [0.2, 0.25) is 0 Å². The predicted molar refractivity (Wildman–Crippen MR) is 66.5 cm³/mol. The highest BCUT2D eigenvalue weighted by molar-refractivity contribution is 7.43. The van der Waals surface area contributed by atoms with E-state index in [2.05, 4.69) is 0 Å². The molecule has 112 valence electrons. The zero-order valence-electron chi connectivity index (χ0n) is 10.1. The van der Waals surface area contributed by atoms with E-state index in [0.29, 0.717) is 0 Å². The van der Waals surface area contributed by atoms with Gasteiger partial charge >= 0.3 is 5.69 Å². The topological polar surface area (TPSA) is 160 Å². The Morgan fingerprint density at radius 2 is 2.25 bits per heavy atom. The molecule has 1 saturated heterocycles. The summed E-state index contributed by atoms with van der Waals surface area (Å²) in [6.45, 7) is -0.500. The van der Waals surface area contributed by atoms with Crippen molar-refractivity contribution in [3.05, 3.63) is 33.1 Å². The molecule has 1 aliphatic rings. The van der Waals surface area contributed by atoms with Crippen LogP contribution < -0.4 is 16.8 Å². The van der Waals surface area contributed by atoms with Crippen LogP contribution in [0.3, 0.4) is 0 Å². The third kappa shape index (κ3) is 2.96. The number of nitrogens with two attached hydrogens (primary N) is 1. The van der Waals surface area contributed by atoms with E-state index < -0.39 is 50.9 Å². The fourth-order valence-electron chi connectivity index (χ4n) is 1.98. The van der Waals surface area contributed by atoms with Crippen molar-refractivity contribution >= 4 is 8.53 Å². The molecule has 20 heavy (non-hydrogen) atoms. The molecular formula is C9H14N3O7P. The van der Waals surface area contributed by atoms with Gasteiger partial charge in [-0.15, -0.1) is 0 Å². The third-order valence-corrected chi connectivity index (χ3v) is 3.30. The molecule has 1 unspecified atom stereocenters. The molecule has 2 rings (SSSR count). The lowest BCUT2D eigenvalue weighted by Gasteiger charge is -2.20. The maximum absolute atomic E-state index is 11.6. The van der Waals surface area contributed by atoms with Gasteiger partial charge in [-0.3, -0.25) is 19.8 Å². The molecule has 0 amide bonds. The minimum Gasteiger partial charge on any atom is -0.394 e. The molecule has 1 aromatic heterocycles. The van der Waals surface area contributed by atoms with Crippen LogP contribution in [-0.2, 0) is 9.26 Å². The normalized spacial score (nSPS) is 31.4. The van der Waals surface area contributed by atoms with Gasteiger partial charge in [0, 0.05) is 12.3 Å². The summed E-state index contributed by atoms with van der Waals surface area (Å²) in [7, 11) is -2.27. The molecule has 5 atom stereocenters. The highest BCUT2D eigenvalue weighted by Crippen LogP contribution is 2.36. The number of ether oxygens (including phenoxy) is 1. The zero-order valence-corrected chi connectivity index (χ0v) is 11.0. The highest BCUT2D eigenvalue weighted by atomic mass is 31.2. The quantitative estimate of drug-likeness (QED) is 0.377. The van der Waals surface area contributed by atoms with E-state index in [1.165, 1.54) is 0 Å². The van der Waals surface area contributed by atoms with Crippen molar-refractivity contribution in [3.8, 4) is 0 Å². The lowest BCUT2D eigenvalue weighted by molar-refractivity contribution is -0.0544. The smallest absolute Gasteiger partial charge is 0.330 e. The van der Waals surface area contributed by atoms with Crippen molar-refractivity contribution in [1.82, 2.24) is 9.55 Å². The van der Waals surface area contributed by atoms with Gasteiger partial charge in [-0.1, -0.05) is 0 Å². The molecule has 0 radical (unpaired) electrons. The average molecular weight is 307 g/mol. The largest absolute Gasteiger partial charge is 0.394 e. The molecule has 1 aromatic rings. The van der Waals surface area contributed by atoms with Gasteiger partial charge in [-0.2, -0.15) is 0 Å². The Morgan fingerprint density at radius 1 is 1.55 bits per heavy atom. The summed E-state index contributed by atoms with van der Waals surface area (Å²) in [5.41, 5.74) is 3.75. The van der Waals surface area contributed by atoms with Crippen molar-refractivity contribution in [2.24, 2.45) is 5.50 Å². The van der Waals surface area contributed by atoms with Gasteiger partial charge in [0.25, 0.3) is 14.1 Å². The number of nitrogens with one attached hydrogen (secondary N) is 1. The standard InChI is InChI=1S/C9H14N3O7P/c10-20(17)19-7-4(3-13)18-8(6(7)15)12-2-1-5(14)11-9(12)16/h1-2,4,6-8,13,15,17H,3,10H2,(H,11,14,16)/t4-,6-,7-,8-,20?/m1/s1.